The van der Waals surface area contributed by atoms with Gasteiger partial charge >= 0.3 is 0 Å². The Morgan fingerprint density at radius 1 is 1.42 bits per heavy atom. The van der Waals surface area contributed by atoms with Crippen molar-refractivity contribution in [2.45, 2.75) is 38.8 Å². The number of aromatic nitrogens is 2. The molecule has 0 unspecified atom stereocenters. The molecule has 0 saturated carbocycles. The van der Waals surface area contributed by atoms with Crippen LogP contribution in [-0.4, -0.2) is 21.8 Å². The van der Waals surface area contributed by atoms with Crippen LogP contribution in [0.1, 0.15) is 26.6 Å². The molecule has 0 spiro atoms. The first kappa shape index (κ1) is 14.8. The smallest absolute Gasteiger partial charge is 0.124 e. The van der Waals surface area contributed by atoms with Crippen LogP contribution in [0, 0.1) is 0 Å². The van der Waals surface area contributed by atoms with Gasteiger partial charge in [-0.15, -0.1) is 11.6 Å². The topological polar surface area (TPSA) is 27.1 Å². The number of ether oxygens (including phenoxy) is 1. The average molecular weight is 346 g/mol. The number of rotatable bonds is 5. The number of imidazole rings is 1. The minimum atomic E-state index is -0.240. The SMILES string of the molecule is CCOC(C)(C)Cn1c(CCl)nc2cc(Br)ccc21. The molecule has 1 aromatic carbocycles. The highest BCUT2D eigenvalue weighted by Crippen LogP contribution is 2.24. The van der Waals surface area contributed by atoms with E-state index in [-0.39, 0.29) is 5.60 Å². The number of hydrogen-bond donors (Lipinski definition) is 0. The molecule has 0 aliphatic carbocycles. The van der Waals surface area contributed by atoms with E-state index in [1.54, 1.807) is 0 Å². The zero-order valence-electron chi connectivity index (χ0n) is 11.4. The van der Waals surface area contributed by atoms with Crippen molar-refractivity contribution in [1.29, 1.82) is 0 Å². The van der Waals surface area contributed by atoms with Crippen molar-refractivity contribution in [2.75, 3.05) is 6.61 Å². The highest BCUT2D eigenvalue weighted by molar-refractivity contribution is 9.10. The van der Waals surface area contributed by atoms with Gasteiger partial charge in [-0.1, -0.05) is 15.9 Å². The normalized spacial score (nSPS) is 12.3. The molecule has 1 heterocycles. The predicted octanol–water partition coefficient (Wildman–Crippen LogP) is 4.35. The summed E-state index contributed by atoms with van der Waals surface area (Å²) in [5.41, 5.74) is 1.81. The molecule has 0 N–H and O–H groups in total. The van der Waals surface area contributed by atoms with E-state index in [4.69, 9.17) is 16.3 Å². The molecule has 2 aromatic rings. The summed E-state index contributed by atoms with van der Waals surface area (Å²) >= 11 is 9.48. The molecular formula is C14H18BrClN2O. The number of hydrogen-bond acceptors (Lipinski definition) is 2. The molecule has 0 radical (unpaired) electrons. The van der Waals surface area contributed by atoms with E-state index in [2.05, 4.69) is 45.4 Å². The maximum absolute atomic E-state index is 6.01. The molecular weight excluding hydrogens is 328 g/mol. The van der Waals surface area contributed by atoms with Gasteiger partial charge < -0.3 is 9.30 Å². The van der Waals surface area contributed by atoms with Gasteiger partial charge in [0.15, 0.2) is 0 Å². The maximum Gasteiger partial charge on any atom is 0.124 e. The zero-order chi connectivity index (χ0) is 14.0. The molecule has 2 rings (SSSR count). The van der Waals surface area contributed by atoms with Gasteiger partial charge in [-0.2, -0.15) is 0 Å². The Morgan fingerprint density at radius 2 is 2.16 bits per heavy atom. The van der Waals surface area contributed by atoms with Crippen molar-refractivity contribution in [3.63, 3.8) is 0 Å². The van der Waals surface area contributed by atoms with Gasteiger partial charge in [0.2, 0.25) is 0 Å². The molecule has 104 valence electrons. The standard InChI is InChI=1S/C14H18BrClN2O/c1-4-19-14(2,3)9-18-12-6-5-10(15)7-11(12)17-13(18)8-16/h5-7H,4,8-9H2,1-3H3. The average Bonchev–Trinajstić information content (AvgIpc) is 2.65. The van der Waals surface area contributed by atoms with Gasteiger partial charge in [0.1, 0.15) is 5.82 Å². The van der Waals surface area contributed by atoms with Gasteiger partial charge in [-0.05, 0) is 39.0 Å². The minimum Gasteiger partial charge on any atom is -0.374 e. The fourth-order valence-electron chi connectivity index (χ4n) is 2.25. The largest absolute Gasteiger partial charge is 0.374 e. The molecule has 3 nitrogen and oxygen atoms in total. The van der Waals surface area contributed by atoms with E-state index in [0.29, 0.717) is 12.5 Å². The second-order valence-electron chi connectivity index (χ2n) is 5.07. The quantitative estimate of drug-likeness (QED) is 0.753. The summed E-state index contributed by atoms with van der Waals surface area (Å²) in [5.74, 6) is 1.27. The van der Waals surface area contributed by atoms with Gasteiger partial charge in [0, 0.05) is 11.1 Å². The third-order valence-corrected chi connectivity index (χ3v) is 3.72. The highest BCUT2D eigenvalue weighted by Gasteiger charge is 2.22. The van der Waals surface area contributed by atoms with Crippen LogP contribution in [0.25, 0.3) is 11.0 Å². The Balaban J connectivity index is 2.46. The first-order valence-electron chi connectivity index (χ1n) is 6.31. The number of nitrogens with zero attached hydrogens (tertiary/aromatic N) is 2. The lowest BCUT2D eigenvalue weighted by molar-refractivity contribution is -0.0220. The second-order valence-corrected chi connectivity index (χ2v) is 6.26. The monoisotopic (exact) mass is 344 g/mol. The third kappa shape index (κ3) is 3.30. The molecule has 0 aliphatic rings. The van der Waals surface area contributed by atoms with E-state index in [1.807, 2.05) is 19.1 Å². The van der Waals surface area contributed by atoms with Crippen molar-refractivity contribution in [1.82, 2.24) is 9.55 Å². The van der Waals surface area contributed by atoms with Crippen molar-refractivity contribution in [2.24, 2.45) is 0 Å². The van der Waals surface area contributed by atoms with Crippen LogP contribution < -0.4 is 0 Å². The summed E-state index contributed by atoms with van der Waals surface area (Å²) in [6.45, 7) is 7.61. The first-order valence-corrected chi connectivity index (χ1v) is 7.64. The fraction of sp³-hybridized carbons (Fsp3) is 0.500. The summed E-state index contributed by atoms with van der Waals surface area (Å²) in [5, 5.41) is 0. The molecule has 0 fully saturated rings. The summed E-state index contributed by atoms with van der Waals surface area (Å²) in [6, 6.07) is 6.09. The summed E-state index contributed by atoms with van der Waals surface area (Å²) in [6.07, 6.45) is 0. The van der Waals surface area contributed by atoms with Crippen molar-refractivity contribution in [3.8, 4) is 0 Å². The van der Waals surface area contributed by atoms with Gasteiger partial charge in [0.05, 0.1) is 29.1 Å². The number of alkyl halides is 1. The van der Waals surface area contributed by atoms with Gasteiger partial charge in [0.25, 0.3) is 0 Å². The Kier molecular flexibility index (Phi) is 4.54. The van der Waals surface area contributed by atoms with E-state index < -0.39 is 0 Å². The zero-order valence-corrected chi connectivity index (χ0v) is 13.8. The molecule has 1 aromatic heterocycles. The van der Waals surface area contributed by atoms with Crippen LogP contribution in [0.5, 0.6) is 0 Å². The van der Waals surface area contributed by atoms with Crippen LogP contribution >= 0.6 is 27.5 Å². The number of benzene rings is 1. The predicted molar refractivity (Wildman–Crippen MR) is 82.7 cm³/mol. The highest BCUT2D eigenvalue weighted by atomic mass is 79.9. The summed E-state index contributed by atoms with van der Waals surface area (Å²) in [4.78, 5) is 4.58. The van der Waals surface area contributed by atoms with Crippen LogP contribution in [0.15, 0.2) is 22.7 Å². The lowest BCUT2D eigenvalue weighted by Crippen LogP contribution is -2.31. The molecule has 0 aliphatic heterocycles. The molecule has 19 heavy (non-hydrogen) atoms. The van der Waals surface area contributed by atoms with E-state index in [9.17, 15) is 0 Å². The van der Waals surface area contributed by atoms with Crippen LogP contribution in [0.4, 0.5) is 0 Å². The molecule has 0 atom stereocenters. The Labute approximate surface area is 127 Å². The van der Waals surface area contributed by atoms with E-state index >= 15 is 0 Å². The minimum absolute atomic E-state index is 0.240. The molecule has 0 saturated heterocycles. The maximum atomic E-state index is 6.01. The number of halogens is 2. The van der Waals surface area contributed by atoms with Crippen LogP contribution in [-0.2, 0) is 17.2 Å². The van der Waals surface area contributed by atoms with Crippen LogP contribution in [0.2, 0.25) is 0 Å². The van der Waals surface area contributed by atoms with Gasteiger partial charge in [-0.25, -0.2) is 4.98 Å². The number of fused-ring (bicyclic) bond motifs is 1. The fourth-order valence-corrected chi connectivity index (χ4v) is 2.80. The van der Waals surface area contributed by atoms with Gasteiger partial charge in [-0.3, -0.25) is 0 Å². The lowest BCUT2D eigenvalue weighted by atomic mass is 10.1. The molecule has 0 amide bonds. The van der Waals surface area contributed by atoms with E-state index in [1.165, 1.54) is 0 Å². The summed E-state index contributed by atoms with van der Waals surface area (Å²) < 4.78 is 8.94. The van der Waals surface area contributed by atoms with Crippen molar-refractivity contribution < 1.29 is 4.74 Å². The summed E-state index contributed by atoms with van der Waals surface area (Å²) in [7, 11) is 0. The van der Waals surface area contributed by atoms with Crippen LogP contribution in [0.3, 0.4) is 0 Å². The Bertz CT molecular complexity index is 580. The Hall–Kier alpha value is -0.580. The van der Waals surface area contributed by atoms with E-state index in [0.717, 1.165) is 27.9 Å². The van der Waals surface area contributed by atoms with Crippen molar-refractivity contribution >= 4 is 38.6 Å². The Morgan fingerprint density at radius 3 is 2.79 bits per heavy atom. The lowest BCUT2D eigenvalue weighted by Gasteiger charge is -2.26. The first-order chi connectivity index (χ1) is 8.96. The molecule has 0 bridgehead atoms. The third-order valence-electron chi connectivity index (χ3n) is 2.98. The molecule has 5 heteroatoms. The van der Waals surface area contributed by atoms with Crippen molar-refractivity contribution in [3.05, 3.63) is 28.5 Å². The second kappa shape index (κ2) is 5.81.